The molecule has 3 rings (SSSR count). The van der Waals surface area contributed by atoms with E-state index in [0.717, 1.165) is 16.8 Å². The summed E-state index contributed by atoms with van der Waals surface area (Å²) in [5.41, 5.74) is 2.14. The molecule has 0 radical (unpaired) electrons. The summed E-state index contributed by atoms with van der Waals surface area (Å²) in [5, 5.41) is 13.8. The first kappa shape index (κ1) is 18.3. The number of aromatic nitrogens is 2. The molecule has 1 fully saturated rings. The van der Waals surface area contributed by atoms with Crippen LogP contribution in [0.3, 0.4) is 0 Å². The first-order valence-corrected chi connectivity index (χ1v) is 8.68. The van der Waals surface area contributed by atoms with Gasteiger partial charge in [0, 0.05) is 13.2 Å². The second-order valence-corrected chi connectivity index (χ2v) is 6.78. The third-order valence-electron chi connectivity index (χ3n) is 4.73. The maximum atomic E-state index is 13.5. The van der Waals surface area contributed by atoms with Crippen molar-refractivity contribution in [1.29, 1.82) is 0 Å². The Labute approximate surface area is 152 Å². The van der Waals surface area contributed by atoms with Crippen molar-refractivity contribution in [3.05, 3.63) is 53.0 Å². The molecular weight excluding hydrogens is 335 g/mol. The highest BCUT2D eigenvalue weighted by molar-refractivity contribution is 5.88. The molecule has 1 aromatic heterocycles. The summed E-state index contributed by atoms with van der Waals surface area (Å²) in [7, 11) is 0. The molecule has 26 heavy (non-hydrogen) atoms. The van der Waals surface area contributed by atoms with Crippen LogP contribution in [-0.4, -0.2) is 35.0 Å². The number of halogens is 1. The maximum Gasteiger partial charge on any atom is 0.320 e. The zero-order valence-corrected chi connectivity index (χ0v) is 15.0. The molecular formula is C19H23FN4O2. The van der Waals surface area contributed by atoms with Crippen molar-refractivity contribution >= 4 is 11.8 Å². The summed E-state index contributed by atoms with van der Waals surface area (Å²) in [6, 6.07) is 7.91. The van der Waals surface area contributed by atoms with Crippen LogP contribution in [0.2, 0.25) is 0 Å². The van der Waals surface area contributed by atoms with E-state index in [1.165, 1.54) is 12.1 Å². The van der Waals surface area contributed by atoms with Gasteiger partial charge in [-0.1, -0.05) is 12.1 Å². The Morgan fingerprint density at radius 3 is 2.69 bits per heavy atom. The quantitative estimate of drug-likeness (QED) is 0.880. The van der Waals surface area contributed by atoms with Gasteiger partial charge in [0.05, 0.1) is 11.2 Å². The van der Waals surface area contributed by atoms with Crippen LogP contribution in [0.4, 0.5) is 15.0 Å². The molecule has 1 saturated heterocycles. The van der Waals surface area contributed by atoms with Gasteiger partial charge < -0.3 is 10.1 Å². The summed E-state index contributed by atoms with van der Waals surface area (Å²) in [4.78, 5) is 12.5. The topological polar surface area (TPSA) is 76.1 Å². The molecule has 0 spiro atoms. The van der Waals surface area contributed by atoms with Gasteiger partial charge in [0.15, 0.2) is 5.82 Å². The van der Waals surface area contributed by atoms with Crippen LogP contribution in [0.5, 0.6) is 0 Å². The van der Waals surface area contributed by atoms with Crippen LogP contribution >= 0.6 is 0 Å². The van der Waals surface area contributed by atoms with Crippen LogP contribution < -0.4 is 10.6 Å². The normalized spacial score (nSPS) is 16.1. The Hall–Kier alpha value is -2.54. The number of carbonyl (C=O) groups excluding carboxylic acids is 1. The van der Waals surface area contributed by atoms with Gasteiger partial charge in [-0.05, 0) is 62.4 Å². The van der Waals surface area contributed by atoms with E-state index in [9.17, 15) is 9.18 Å². The van der Waals surface area contributed by atoms with E-state index in [2.05, 4.69) is 20.8 Å². The fourth-order valence-corrected chi connectivity index (χ4v) is 3.14. The first-order chi connectivity index (χ1) is 12.5. The van der Waals surface area contributed by atoms with Crippen molar-refractivity contribution in [2.24, 2.45) is 0 Å². The largest absolute Gasteiger partial charge is 0.381 e. The van der Waals surface area contributed by atoms with Gasteiger partial charge in [-0.2, -0.15) is 5.10 Å². The second kappa shape index (κ2) is 7.78. The molecule has 2 N–H and O–H groups in total. The third-order valence-corrected chi connectivity index (χ3v) is 4.73. The van der Waals surface area contributed by atoms with Gasteiger partial charge in [-0.15, -0.1) is 5.10 Å². The van der Waals surface area contributed by atoms with Crippen molar-refractivity contribution < 1.29 is 13.9 Å². The zero-order chi connectivity index (χ0) is 18.6. The molecule has 6 nitrogen and oxygen atoms in total. The number of ether oxygens (including phenoxy) is 1. The zero-order valence-electron chi connectivity index (χ0n) is 15.0. The number of nitrogens with one attached hydrogen (secondary N) is 2. The van der Waals surface area contributed by atoms with E-state index in [4.69, 9.17) is 4.74 Å². The number of aryl methyl sites for hydroxylation is 2. The molecule has 7 heteroatoms. The standard InChI is InChI=1S/C19H23FN4O2/c1-13-10-17(24-23-14(13)2)21-18(25)22-19(6-8-26-9-7-19)12-15-4-3-5-16(20)11-15/h3-5,10-11H,6-9,12H2,1-2H3,(H2,21,22,24,25). The predicted molar refractivity (Wildman–Crippen MR) is 96.5 cm³/mol. The molecule has 0 saturated carbocycles. The predicted octanol–water partition coefficient (Wildman–Crippen LogP) is 3.15. The highest BCUT2D eigenvalue weighted by atomic mass is 19.1. The van der Waals surface area contributed by atoms with E-state index in [0.29, 0.717) is 38.3 Å². The lowest BCUT2D eigenvalue weighted by Crippen LogP contribution is -2.54. The van der Waals surface area contributed by atoms with Gasteiger partial charge in [-0.25, -0.2) is 9.18 Å². The van der Waals surface area contributed by atoms with Crippen molar-refractivity contribution in [2.45, 2.75) is 38.6 Å². The molecule has 1 aliphatic rings. The van der Waals surface area contributed by atoms with Crippen molar-refractivity contribution in [3.63, 3.8) is 0 Å². The number of benzene rings is 1. The minimum absolute atomic E-state index is 0.278. The average Bonchev–Trinajstić information content (AvgIpc) is 2.58. The summed E-state index contributed by atoms with van der Waals surface area (Å²) >= 11 is 0. The van der Waals surface area contributed by atoms with E-state index in [1.54, 1.807) is 12.1 Å². The minimum Gasteiger partial charge on any atom is -0.381 e. The molecule has 0 atom stereocenters. The average molecular weight is 358 g/mol. The molecule has 1 aromatic carbocycles. The molecule has 0 bridgehead atoms. The summed E-state index contributed by atoms with van der Waals surface area (Å²) in [5.74, 6) is 0.123. The number of carbonyl (C=O) groups is 1. The lowest BCUT2D eigenvalue weighted by atomic mass is 9.83. The number of hydrogen-bond acceptors (Lipinski definition) is 4. The lowest BCUT2D eigenvalue weighted by molar-refractivity contribution is 0.0431. The molecule has 2 amide bonds. The van der Waals surface area contributed by atoms with Crippen LogP contribution in [0, 0.1) is 19.7 Å². The molecule has 0 unspecified atom stereocenters. The minimum atomic E-state index is -0.483. The van der Waals surface area contributed by atoms with Gasteiger partial charge in [0.25, 0.3) is 0 Å². The number of rotatable bonds is 4. The number of hydrogen-bond donors (Lipinski definition) is 2. The van der Waals surface area contributed by atoms with Crippen LogP contribution in [0.15, 0.2) is 30.3 Å². The Morgan fingerprint density at radius 1 is 1.23 bits per heavy atom. The SMILES string of the molecule is Cc1cc(NC(=O)NC2(Cc3cccc(F)c3)CCOCC2)nnc1C. The highest BCUT2D eigenvalue weighted by Gasteiger charge is 2.34. The van der Waals surface area contributed by atoms with E-state index < -0.39 is 5.54 Å². The molecule has 0 aliphatic carbocycles. The van der Waals surface area contributed by atoms with Gasteiger partial charge in [0.2, 0.25) is 0 Å². The second-order valence-electron chi connectivity index (χ2n) is 6.78. The van der Waals surface area contributed by atoms with Gasteiger partial charge in [-0.3, -0.25) is 5.32 Å². The Morgan fingerprint density at radius 2 is 2.00 bits per heavy atom. The third kappa shape index (κ3) is 4.54. The summed E-state index contributed by atoms with van der Waals surface area (Å²) < 4.78 is 19.0. The Kier molecular flexibility index (Phi) is 5.46. The van der Waals surface area contributed by atoms with Crippen LogP contribution in [0.1, 0.15) is 29.7 Å². The first-order valence-electron chi connectivity index (χ1n) is 8.68. The van der Waals surface area contributed by atoms with Gasteiger partial charge in [0.1, 0.15) is 5.82 Å². The van der Waals surface area contributed by atoms with Crippen molar-refractivity contribution in [3.8, 4) is 0 Å². The van der Waals surface area contributed by atoms with E-state index >= 15 is 0 Å². The van der Waals surface area contributed by atoms with E-state index in [1.807, 2.05) is 19.9 Å². The monoisotopic (exact) mass is 358 g/mol. The van der Waals surface area contributed by atoms with E-state index in [-0.39, 0.29) is 11.8 Å². The van der Waals surface area contributed by atoms with Gasteiger partial charge >= 0.3 is 6.03 Å². The number of urea groups is 1. The summed E-state index contributed by atoms with van der Waals surface area (Å²) in [6.45, 7) is 4.89. The lowest BCUT2D eigenvalue weighted by Gasteiger charge is -2.38. The number of anilines is 1. The Bertz CT molecular complexity index is 791. The number of nitrogens with zero attached hydrogens (tertiary/aromatic N) is 2. The maximum absolute atomic E-state index is 13.5. The Balaban J connectivity index is 1.73. The fourth-order valence-electron chi connectivity index (χ4n) is 3.14. The highest BCUT2D eigenvalue weighted by Crippen LogP contribution is 2.26. The smallest absolute Gasteiger partial charge is 0.320 e. The number of amides is 2. The fraction of sp³-hybridized carbons (Fsp3) is 0.421. The molecule has 2 aromatic rings. The molecule has 138 valence electrons. The molecule has 1 aliphatic heterocycles. The van der Waals surface area contributed by atoms with Crippen molar-refractivity contribution in [2.75, 3.05) is 18.5 Å². The van der Waals surface area contributed by atoms with Crippen LogP contribution in [0.25, 0.3) is 0 Å². The van der Waals surface area contributed by atoms with Crippen molar-refractivity contribution in [1.82, 2.24) is 15.5 Å². The van der Waals surface area contributed by atoms with Crippen LogP contribution in [-0.2, 0) is 11.2 Å². The summed E-state index contributed by atoms with van der Waals surface area (Å²) in [6.07, 6.45) is 1.87. The molecule has 2 heterocycles.